The minimum absolute atomic E-state index is 0.00776. The second-order valence-electron chi connectivity index (χ2n) is 4.85. The summed E-state index contributed by atoms with van der Waals surface area (Å²) in [7, 11) is 0. The van der Waals surface area contributed by atoms with Crippen molar-refractivity contribution < 1.29 is 9.53 Å². The van der Waals surface area contributed by atoms with Gasteiger partial charge in [0.15, 0.2) is 5.69 Å². The molecule has 0 unspecified atom stereocenters. The fourth-order valence-electron chi connectivity index (χ4n) is 2.12. The number of hydrogen-bond donors (Lipinski definition) is 0. The van der Waals surface area contributed by atoms with Gasteiger partial charge in [-0.15, -0.1) is 0 Å². The molecule has 0 aliphatic heterocycles. The predicted molar refractivity (Wildman–Crippen MR) is 87.9 cm³/mol. The summed E-state index contributed by atoms with van der Waals surface area (Å²) in [5.41, 5.74) is 1.75. The smallest absolute Gasteiger partial charge is 0.357 e. The molecule has 0 saturated heterocycles. The molecule has 118 valence electrons. The average Bonchev–Trinajstić information content (AvgIpc) is 3.00. The molecular weight excluding hydrogens is 314 g/mol. The maximum atomic E-state index is 12.1. The zero-order valence-corrected chi connectivity index (χ0v) is 13.6. The summed E-state index contributed by atoms with van der Waals surface area (Å²) in [6, 6.07) is 9.14. The van der Waals surface area contributed by atoms with Crippen molar-refractivity contribution in [1.29, 1.82) is 0 Å². The Morgan fingerprint density at radius 2 is 2.00 bits per heavy atom. The summed E-state index contributed by atoms with van der Waals surface area (Å²) in [5, 5.41) is 4.97. The van der Waals surface area contributed by atoms with E-state index >= 15 is 0 Å². The third kappa shape index (κ3) is 3.00. The molecule has 0 fully saturated rings. The van der Waals surface area contributed by atoms with E-state index in [0.29, 0.717) is 9.97 Å². The van der Waals surface area contributed by atoms with E-state index < -0.39 is 11.5 Å². The van der Waals surface area contributed by atoms with Crippen molar-refractivity contribution in [3.63, 3.8) is 0 Å². The largest absolute Gasteiger partial charge is 0.461 e. The van der Waals surface area contributed by atoms with Gasteiger partial charge in [-0.2, -0.15) is 9.61 Å². The maximum absolute atomic E-state index is 12.1. The van der Waals surface area contributed by atoms with Crippen molar-refractivity contribution in [2.45, 2.75) is 20.3 Å². The third-order valence-electron chi connectivity index (χ3n) is 3.34. The van der Waals surface area contributed by atoms with Crippen LogP contribution >= 0.6 is 11.3 Å². The first kappa shape index (κ1) is 15.4. The molecule has 6 nitrogen and oxygen atoms in total. The lowest BCUT2D eigenvalue weighted by Crippen LogP contribution is -2.18. The lowest BCUT2D eigenvalue weighted by molar-refractivity contribution is 0.0519. The third-order valence-corrected chi connectivity index (χ3v) is 4.30. The summed E-state index contributed by atoms with van der Waals surface area (Å²) in [6.45, 7) is 4.03. The van der Waals surface area contributed by atoms with E-state index in [9.17, 15) is 9.59 Å². The fraction of sp³-hybridized carbons (Fsp3) is 0.250. The van der Waals surface area contributed by atoms with E-state index in [2.05, 4.69) is 17.0 Å². The topological polar surface area (TPSA) is 73.6 Å². The lowest BCUT2D eigenvalue weighted by atomic mass is 10.1. The van der Waals surface area contributed by atoms with Gasteiger partial charge in [0.25, 0.3) is 5.56 Å². The van der Waals surface area contributed by atoms with Crippen LogP contribution in [0.4, 0.5) is 0 Å². The molecule has 2 aromatic heterocycles. The molecule has 3 rings (SSSR count). The van der Waals surface area contributed by atoms with Gasteiger partial charge >= 0.3 is 5.97 Å². The quantitative estimate of drug-likeness (QED) is 0.688. The summed E-state index contributed by atoms with van der Waals surface area (Å²) in [5.74, 6) is -0.602. The first-order chi connectivity index (χ1) is 11.1. The molecule has 0 spiro atoms. The zero-order valence-electron chi connectivity index (χ0n) is 12.8. The van der Waals surface area contributed by atoms with Crippen molar-refractivity contribution in [1.82, 2.24) is 14.6 Å². The van der Waals surface area contributed by atoms with Gasteiger partial charge in [0, 0.05) is 11.6 Å². The molecule has 2 heterocycles. The minimum atomic E-state index is -0.602. The van der Waals surface area contributed by atoms with Crippen LogP contribution in [0.2, 0.25) is 0 Å². The Labute approximate surface area is 136 Å². The number of aromatic nitrogens is 3. The van der Waals surface area contributed by atoms with E-state index in [0.717, 1.165) is 18.1 Å². The van der Waals surface area contributed by atoms with E-state index in [4.69, 9.17) is 4.74 Å². The number of carbonyl (C=O) groups excluding carboxylic acids is 1. The zero-order chi connectivity index (χ0) is 16.4. The molecule has 0 N–H and O–H groups in total. The number of fused-ring (bicyclic) bond motifs is 1. The molecule has 23 heavy (non-hydrogen) atoms. The molecule has 0 bridgehead atoms. The Morgan fingerprint density at radius 1 is 1.26 bits per heavy atom. The Kier molecular flexibility index (Phi) is 4.20. The molecule has 7 heteroatoms. The van der Waals surface area contributed by atoms with Gasteiger partial charge < -0.3 is 4.74 Å². The Balaban J connectivity index is 2.05. The molecular formula is C16H15N3O3S. The van der Waals surface area contributed by atoms with E-state index in [1.807, 2.05) is 24.3 Å². The minimum Gasteiger partial charge on any atom is -0.461 e. The monoisotopic (exact) mass is 329 g/mol. The second-order valence-corrected chi connectivity index (χ2v) is 5.81. The van der Waals surface area contributed by atoms with Crippen LogP contribution in [0.1, 0.15) is 29.9 Å². The SMILES string of the molecule is CCOC(=O)c1cc(=O)n2nc(-c3ccc(CC)cc3)sc2n1. The van der Waals surface area contributed by atoms with Crippen molar-refractivity contribution in [3.8, 4) is 10.6 Å². The van der Waals surface area contributed by atoms with Crippen LogP contribution in [-0.4, -0.2) is 27.2 Å². The number of esters is 1. The van der Waals surface area contributed by atoms with Crippen LogP contribution in [0.25, 0.3) is 15.5 Å². The Morgan fingerprint density at radius 3 is 2.65 bits per heavy atom. The highest BCUT2D eigenvalue weighted by molar-refractivity contribution is 7.19. The highest BCUT2D eigenvalue weighted by atomic mass is 32.1. The number of benzene rings is 1. The standard InChI is InChI=1S/C16H15N3O3S/c1-3-10-5-7-11(8-6-10)14-18-19-13(20)9-12(15(21)22-4-2)17-16(19)23-14/h5-9H,3-4H2,1-2H3. The van der Waals surface area contributed by atoms with Gasteiger partial charge in [-0.1, -0.05) is 42.5 Å². The van der Waals surface area contributed by atoms with Crippen molar-refractivity contribution >= 4 is 22.3 Å². The maximum Gasteiger partial charge on any atom is 0.357 e. The van der Waals surface area contributed by atoms with Crippen molar-refractivity contribution in [2.24, 2.45) is 0 Å². The van der Waals surface area contributed by atoms with Crippen LogP contribution in [0, 0.1) is 0 Å². The number of ether oxygens (including phenoxy) is 1. The van der Waals surface area contributed by atoms with Gasteiger partial charge in [0.1, 0.15) is 5.01 Å². The molecule has 0 saturated carbocycles. The van der Waals surface area contributed by atoms with Crippen LogP contribution in [0.3, 0.4) is 0 Å². The summed E-state index contributed by atoms with van der Waals surface area (Å²) >= 11 is 1.26. The molecule has 0 radical (unpaired) electrons. The number of hydrogen-bond acceptors (Lipinski definition) is 6. The molecule has 1 aromatic carbocycles. The number of aryl methyl sites for hydroxylation is 1. The fourth-order valence-corrected chi connectivity index (χ4v) is 3.03. The van der Waals surface area contributed by atoms with Crippen molar-refractivity contribution in [2.75, 3.05) is 6.61 Å². The summed E-state index contributed by atoms with van der Waals surface area (Å²) < 4.78 is 6.09. The van der Waals surface area contributed by atoms with Crippen LogP contribution in [0.5, 0.6) is 0 Å². The van der Waals surface area contributed by atoms with Crippen LogP contribution in [-0.2, 0) is 11.2 Å². The predicted octanol–water partition coefficient (Wildman–Crippen LogP) is 2.56. The van der Waals surface area contributed by atoms with E-state index in [1.54, 1.807) is 6.92 Å². The van der Waals surface area contributed by atoms with Gasteiger partial charge in [-0.05, 0) is 18.9 Å². The molecule has 0 aliphatic rings. The number of rotatable bonds is 4. The number of carbonyl (C=O) groups is 1. The Bertz CT molecular complexity index is 912. The van der Waals surface area contributed by atoms with Gasteiger partial charge in [0.05, 0.1) is 6.61 Å². The summed E-state index contributed by atoms with van der Waals surface area (Å²) in [6.07, 6.45) is 0.962. The molecule has 0 amide bonds. The normalized spacial score (nSPS) is 10.9. The van der Waals surface area contributed by atoms with E-state index in [1.165, 1.54) is 21.4 Å². The number of nitrogens with zero attached hydrogens (tertiary/aromatic N) is 3. The second kappa shape index (κ2) is 6.29. The van der Waals surface area contributed by atoms with Gasteiger partial charge in [0.2, 0.25) is 4.96 Å². The Hall–Kier alpha value is -2.54. The lowest BCUT2D eigenvalue weighted by Gasteiger charge is -1.99. The van der Waals surface area contributed by atoms with E-state index in [-0.39, 0.29) is 12.3 Å². The van der Waals surface area contributed by atoms with Crippen molar-refractivity contribution in [3.05, 3.63) is 51.9 Å². The first-order valence-corrected chi connectivity index (χ1v) is 8.11. The first-order valence-electron chi connectivity index (χ1n) is 7.29. The average molecular weight is 329 g/mol. The van der Waals surface area contributed by atoms with Crippen LogP contribution < -0.4 is 5.56 Å². The molecule has 0 aliphatic carbocycles. The van der Waals surface area contributed by atoms with Crippen LogP contribution in [0.15, 0.2) is 35.1 Å². The molecule has 0 atom stereocenters. The van der Waals surface area contributed by atoms with Gasteiger partial charge in [-0.3, -0.25) is 4.79 Å². The highest BCUT2D eigenvalue weighted by Gasteiger charge is 2.15. The highest BCUT2D eigenvalue weighted by Crippen LogP contribution is 2.24. The molecule has 3 aromatic rings. The summed E-state index contributed by atoms with van der Waals surface area (Å²) in [4.78, 5) is 28.4. The van der Waals surface area contributed by atoms with Gasteiger partial charge in [-0.25, -0.2) is 9.78 Å².